The number of hydrogen-bond donors (Lipinski definition) is 2. The third kappa shape index (κ3) is 2.18. The van der Waals surface area contributed by atoms with Crippen LogP contribution in [-0.4, -0.2) is 27.7 Å². The molecule has 2 N–H and O–H groups in total. The van der Waals surface area contributed by atoms with Crippen molar-refractivity contribution in [3.8, 4) is 0 Å². The predicted molar refractivity (Wildman–Crippen MR) is 74.7 cm³/mol. The fourth-order valence-corrected chi connectivity index (χ4v) is 2.77. The largest absolute Gasteiger partial charge is 0.317 e. The van der Waals surface area contributed by atoms with Crippen LogP contribution in [0.1, 0.15) is 49.8 Å². The molecular weight excluding hydrogens is 240 g/mol. The number of aromatic amines is 1. The van der Waals surface area contributed by atoms with Gasteiger partial charge in [0.15, 0.2) is 5.65 Å². The summed E-state index contributed by atoms with van der Waals surface area (Å²) in [6.07, 6.45) is 4.01. The van der Waals surface area contributed by atoms with Crippen molar-refractivity contribution in [2.75, 3.05) is 13.1 Å². The van der Waals surface area contributed by atoms with Gasteiger partial charge in [-0.2, -0.15) is 0 Å². The smallest absolute Gasteiger partial charge is 0.272 e. The van der Waals surface area contributed by atoms with E-state index in [1.807, 2.05) is 6.20 Å². The monoisotopic (exact) mass is 260 g/mol. The Morgan fingerprint density at radius 3 is 2.79 bits per heavy atom. The molecular formula is C14H20N4O. The van der Waals surface area contributed by atoms with E-state index in [2.05, 4.69) is 24.3 Å². The Kier molecular flexibility index (Phi) is 3.14. The molecule has 1 saturated heterocycles. The number of aromatic nitrogens is 3. The van der Waals surface area contributed by atoms with E-state index in [0.717, 1.165) is 42.8 Å². The minimum absolute atomic E-state index is 0.00886. The third-order valence-electron chi connectivity index (χ3n) is 3.93. The summed E-state index contributed by atoms with van der Waals surface area (Å²) < 4.78 is 1.54. The molecule has 5 nitrogen and oxygen atoms in total. The van der Waals surface area contributed by atoms with Gasteiger partial charge in [-0.1, -0.05) is 13.8 Å². The first-order valence-corrected chi connectivity index (χ1v) is 6.98. The van der Waals surface area contributed by atoms with Crippen molar-refractivity contribution in [3.05, 3.63) is 33.9 Å². The van der Waals surface area contributed by atoms with E-state index in [4.69, 9.17) is 4.98 Å². The standard InChI is InChI=1S/C14H20N4O/c1-9(2)11-8-16-18-13(19)7-12(17-14(11)18)10-3-5-15-6-4-10/h7-10,15-16H,3-6H2,1-2H3. The van der Waals surface area contributed by atoms with Gasteiger partial charge >= 0.3 is 0 Å². The molecule has 0 amide bonds. The number of H-pyrrole nitrogens is 1. The number of hydrogen-bond acceptors (Lipinski definition) is 3. The van der Waals surface area contributed by atoms with Crippen LogP contribution >= 0.6 is 0 Å². The summed E-state index contributed by atoms with van der Waals surface area (Å²) in [5.74, 6) is 0.769. The molecule has 3 rings (SSSR count). The second-order valence-corrected chi connectivity index (χ2v) is 5.59. The Hall–Kier alpha value is -1.62. The minimum atomic E-state index is -0.00886. The fraction of sp³-hybridized carbons (Fsp3) is 0.571. The Morgan fingerprint density at radius 2 is 2.11 bits per heavy atom. The van der Waals surface area contributed by atoms with Gasteiger partial charge in [0, 0.05) is 23.7 Å². The third-order valence-corrected chi connectivity index (χ3v) is 3.93. The summed E-state index contributed by atoms with van der Waals surface area (Å²) in [6, 6.07) is 1.68. The quantitative estimate of drug-likeness (QED) is 0.862. The van der Waals surface area contributed by atoms with Gasteiger partial charge < -0.3 is 5.32 Å². The highest BCUT2D eigenvalue weighted by Gasteiger charge is 2.19. The Morgan fingerprint density at radius 1 is 1.37 bits per heavy atom. The van der Waals surface area contributed by atoms with E-state index in [-0.39, 0.29) is 5.56 Å². The average Bonchev–Trinajstić information content (AvgIpc) is 2.84. The molecule has 1 fully saturated rings. The van der Waals surface area contributed by atoms with Crippen molar-refractivity contribution in [2.24, 2.45) is 0 Å². The van der Waals surface area contributed by atoms with Crippen molar-refractivity contribution < 1.29 is 0 Å². The molecule has 0 saturated carbocycles. The fourth-order valence-electron chi connectivity index (χ4n) is 2.77. The summed E-state index contributed by atoms with van der Waals surface area (Å²) >= 11 is 0. The van der Waals surface area contributed by atoms with E-state index in [1.54, 1.807) is 10.6 Å². The van der Waals surface area contributed by atoms with Crippen LogP contribution in [0.2, 0.25) is 0 Å². The van der Waals surface area contributed by atoms with Gasteiger partial charge in [0.1, 0.15) is 0 Å². The molecule has 1 aliphatic rings. The highest BCUT2D eigenvalue weighted by molar-refractivity contribution is 5.48. The molecule has 0 bridgehead atoms. The Labute approximate surface area is 112 Å². The first kappa shape index (κ1) is 12.4. The normalized spacial score (nSPS) is 17.4. The van der Waals surface area contributed by atoms with E-state index in [9.17, 15) is 4.79 Å². The molecule has 102 valence electrons. The second-order valence-electron chi connectivity index (χ2n) is 5.59. The van der Waals surface area contributed by atoms with Crippen LogP contribution in [-0.2, 0) is 0 Å². The molecule has 3 heterocycles. The lowest BCUT2D eigenvalue weighted by molar-refractivity contribution is 0.453. The van der Waals surface area contributed by atoms with Gasteiger partial charge in [0.25, 0.3) is 5.56 Å². The van der Waals surface area contributed by atoms with Crippen LogP contribution < -0.4 is 10.9 Å². The van der Waals surface area contributed by atoms with Gasteiger partial charge in [0.2, 0.25) is 0 Å². The van der Waals surface area contributed by atoms with Gasteiger partial charge in [-0.25, -0.2) is 9.50 Å². The van der Waals surface area contributed by atoms with Crippen LogP contribution in [0.3, 0.4) is 0 Å². The molecule has 5 heteroatoms. The molecule has 2 aromatic rings. The van der Waals surface area contributed by atoms with Crippen LogP contribution in [0.25, 0.3) is 5.65 Å². The molecule has 19 heavy (non-hydrogen) atoms. The van der Waals surface area contributed by atoms with Crippen LogP contribution in [0, 0.1) is 0 Å². The lowest BCUT2D eigenvalue weighted by atomic mass is 9.94. The molecule has 0 spiro atoms. The van der Waals surface area contributed by atoms with Crippen molar-refractivity contribution in [1.29, 1.82) is 0 Å². The Balaban J connectivity index is 2.11. The SMILES string of the molecule is CC(C)c1c[nH]n2c(=O)cc(C3CCNCC3)nc12. The van der Waals surface area contributed by atoms with Crippen molar-refractivity contribution in [3.63, 3.8) is 0 Å². The highest BCUT2D eigenvalue weighted by atomic mass is 16.1. The molecule has 0 atom stereocenters. The number of nitrogens with zero attached hydrogens (tertiary/aromatic N) is 2. The maximum Gasteiger partial charge on any atom is 0.272 e. The van der Waals surface area contributed by atoms with Crippen LogP contribution in [0.4, 0.5) is 0 Å². The van der Waals surface area contributed by atoms with Crippen molar-refractivity contribution >= 4 is 5.65 Å². The van der Waals surface area contributed by atoms with E-state index in [0.29, 0.717) is 11.8 Å². The summed E-state index contributed by atoms with van der Waals surface area (Å²) in [4.78, 5) is 16.9. The number of fused-ring (bicyclic) bond motifs is 1. The first-order chi connectivity index (χ1) is 9.16. The van der Waals surface area contributed by atoms with E-state index < -0.39 is 0 Å². The highest BCUT2D eigenvalue weighted by Crippen LogP contribution is 2.24. The molecule has 0 unspecified atom stereocenters. The Bertz CT molecular complexity index is 634. The second kappa shape index (κ2) is 4.81. The van der Waals surface area contributed by atoms with Gasteiger partial charge in [0.05, 0.1) is 5.69 Å². The number of piperidine rings is 1. The van der Waals surface area contributed by atoms with E-state index >= 15 is 0 Å². The summed E-state index contributed by atoms with van der Waals surface area (Å²) in [7, 11) is 0. The molecule has 1 aliphatic heterocycles. The number of nitrogens with one attached hydrogen (secondary N) is 2. The van der Waals surface area contributed by atoms with E-state index in [1.165, 1.54) is 0 Å². The maximum atomic E-state index is 12.2. The number of rotatable bonds is 2. The lowest BCUT2D eigenvalue weighted by Crippen LogP contribution is -2.28. The first-order valence-electron chi connectivity index (χ1n) is 6.98. The zero-order valence-electron chi connectivity index (χ0n) is 11.4. The van der Waals surface area contributed by atoms with Gasteiger partial charge in [-0.15, -0.1) is 0 Å². The van der Waals surface area contributed by atoms with Crippen LogP contribution in [0.15, 0.2) is 17.1 Å². The summed E-state index contributed by atoms with van der Waals surface area (Å²) in [5.41, 5.74) is 2.84. The molecule has 0 aromatic carbocycles. The van der Waals surface area contributed by atoms with Gasteiger partial charge in [-0.3, -0.25) is 9.89 Å². The van der Waals surface area contributed by atoms with Crippen molar-refractivity contribution in [1.82, 2.24) is 19.9 Å². The average molecular weight is 260 g/mol. The molecule has 2 aromatic heterocycles. The summed E-state index contributed by atoms with van der Waals surface area (Å²) in [6.45, 7) is 6.25. The van der Waals surface area contributed by atoms with Crippen LogP contribution in [0.5, 0.6) is 0 Å². The van der Waals surface area contributed by atoms with Gasteiger partial charge in [-0.05, 0) is 31.8 Å². The molecule has 0 aliphatic carbocycles. The molecule has 0 radical (unpaired) electrons. The maximum absolute atomic E-state index is 12.2. The minimum Gasteiger partial charge on any atom is -0.317 e. The summed E-state index contributed by atoms with van der Waals surface area (Å²) in [5, 5.41) is 6.34. The zero-order valence-corrected chi connectivity index (χ0v) is 11.4. The zero-order chi connectivity index (χ0) is 13.4. The van der Waals surface area contributed by atoms with Crippen molar-refractivity contribution in [2.45, 2.75) is 38.5 Å². The topological polar surface area (TPSA) is 62.2 Å². The lowest BCUT2D eigenvalue weighted by Gasteiger charge is -2.22. The predicted octanol–water partition coefficient (Wildman–Crippen LogP) is 1.61.